The van der Waals surface area contributed by atoms with Gasteiger partial charge in [-0.15, -0.1) is 0 Å². The maximum atomic E-state index is 3.73. The Bertz CT molecular complexity index is 483. The summed E-state index contributed by atoms with van der Waals surface area (Å²) in [5.41, 5.74) is 2.47. The number of rotatable bonds is 4. The van der Waals surface area contributed by atoms with E-state index in [9.17, 15) is 0 Å². The summed E-state index contributed by atoms with van der Waals surface area (Å²) in [7, 11) is 0. The maximum absolute atomic E-state index is 3.73. The Balaban J connectivity index is 2.23. The van der Waals surface area contributed by atoms with Crippen molar-refractivity contribution in [1.82, 2.24) is 0 Å². The minimum atomic E-state index is 1.07. The Morgan fingerprint density at radius 2 is 1.53 bits per heavy atom. The lowest BCUT2D eigenvalue weighted by molar-refractivity contribution is -0.696. The van der Waals surface area contributed by atoms with Crippen LogP contribution in [0.3, 0.4) is 0 Å². The number of hydrogen-bond donors (Lipinski definition) is 0. The lowest BCUT2D eigenvalue weighted by Gasteiger charge is -1.99. The van der Waals surface area contributed by atoms with Gasteiger partial charge < -0.3 is 0 Å². The van der Waals surface area contributed by atoms with Gasteiger partial charge in [-0.25, -0.2) is 4.57 Å². The third-order valence-electron chi connectivity index (χ3n) is 2.77. The van der Waals surface area contributed by atoms with Gasteiger partial charge in [-0.3, -0.25) is 0 Å². The average Bonchev–Trinajstić information content (AvgIpc) is 2.40. The Kier molecular flexibility index (Phi) is 3.66. The first kappa shape index (κ1) is 11.5. The van der Waals surface area contributed by atoms with E-state index in [2.05, 4.69) is 54.7 Å². The number of hydrogen-bond acceptors (Lipinski definition) is 0. The smallest absolute Gasteiger partial charge is 0.175 e. The molecule has 2 aromatic heterocycles. The largest absolute Gasteiger partial charge is 0.205 e. The molecule has 2 heteroatoms. The third-order valence-corrected chi connectivity index (χ3v) is 2.77. The third kappa shape index (κ3) is 2.78. The van der Waals surface area contributed by atoms with Crippen LogP contribution in [0, 0.1) is 0 Å². The topological polar surface area (TPSA) is 7.76 Å². The van der Waals surface area contributed by atoms with E-state index in [1.54, 1.807) is 6.20 Å². The second-order valence-corrected chi connectivity index (χ2v) is 4.04. The van der Waals surface area contributed by atoms with Crippen LogP contribution in [-0.2, 0) is 6.54 Å². The fraction of sp³-hybridized carbons (Fsp3) is 0.200. The predicted molar refractivity (Wildman–Crippen MR) is 68.9 cm³/mol. The molecule has 0 fully saturated rings. The average molecular weight is 226 g/mol. The summed E-state index contributed by atoms with van der Waals surface area (Å²) in [5, 5.41) is 0. The van der Waals surface area contributed by atoms with Crippen LogP contribution in [0.5, 0.6) is 0 Å². The summed E-state index contributed by atoms with van der Waals surface area (Å²) in [6, 6.07) is 8.51. The van der Waals surface area contributed by atoms with Gasteiger partial charge in [0.15, 0.2) is 31.0 Å². The van der Waals surface area contributed by atoms with Gasteiger partial charge in [0, 0.05) is 30.7 Å². The summed E-state index contributed by atoms with van der Waals surface area (Å²) >= 11 is 0. The zero-order chi connectivity index (χ0) is 12.1. The van der Waals surface area contributed by atoms with Crippen molar-refractivity contribution >= 4 is 6.20 Å². The Morgan fingerprint density at radius 3 is 2.00 bits per heavy atom. The first-order chi connectivity index (χ1) is 8.33. The van der Waals surface area contributed by atoms with Gasteiger partial charge in [0.1, 0.15) is 6.54 Å². The van der Waals surface area contributed by atoms with E-state index in [0.717, 1.165) is 13.0 Å². The highest BCUT2D eigenvalue weighted by molar-refractivity contribution is 5.61. The Labute approximate surface area is 102 Å². The molecule has 2 aromatic rings. The number of pyridine rings is 2. The molecule has 0 aromatic carbocycles. The van der Waals surface area contributed by atoms with Crippen LogP contribution in [0.1, 0.15) is 13.3 Å². The zero-order valence-corrected chi connectivity index (χ0v) is 10.2. The van der Waals surface area contributed by atoms with Gasteiger partial charge in [-0.2, -0.15) is 4.57 Å². The van der Waals surface area contributed by atoms with Gasteiger partial charge >= 0.3 is 0 Å². The van der Waals surface area contributed by atoms with E-state index >= 15 is 0 Å². The molecule has 0 N–H and O–H groups in total. The first-order valence-electron chi connectivity index (χ1n) is 5.96. The molecule has 2 heterocycles. The molecule has 0 aliphatic rings. The van der Waals surface area contributed by atoms with Crippen LogP contribution in [0.2, 0.25) is 0 Å². The van der Waals surface area contributed by atoms with Crippen molar-refractivity contribution in [2.75, 3.05) is 0 Å². The highest BCUT2D eigenvalue weighted by Crippen LogP contribution is 2.15. The SMILES string of the molecule is C=C[n+]1ccc(-c2cc[n+](CCC)cc2)cc1. The monoisotopic (exact) mass is 226 g/mol. The van der Waals surface area contributed by atoms with Crippen molar-refractivity contribution in [3.05, 3.63) is 55.6 Å². The van der Waals surface area contributed by atoms with Crippen molar-refractivity contribution in [2.45, 2.75) is 19.9 Å². The van der Waals surface area contributed by atoms with Crippen molar-refractivity contribution in [1.29, 1.82) is 0 Å². The molecule has 0 bridgehead atoms. The van der Waals surface area contributed by atoms with E-state index < -0.39 is 0 Å². The summed E-state index contributed by atoms with van der Waals surface area (Å²) in [6.07, 6.45) is 11.2. The molecule has 0 saturated heterocycles. The first-order valence-corrected chi connectivity index (χ1v) is 5.96. The standard InChI is InChI=1S/C15H18N2/c1-3-9-17-12-7-15(8-13-17)14-5-10-16(4-2)11-6-14/h4-8,10-13H,2-3,9H2,1H3/q+2. The summed E-state index contributed by atoms with van der Waals surface area (Å²) in [4.78, 5) is 0. The van der Waals surface area contributed by atoms with Gasteiger partial charge in [0.2, 0.25) is 0 Å². The van der Waals surface area contributed by atoms with Gasteiger partial charge in [0.25, 0.3) is 0 Å². The van der Waals surface area contributed by atoms with Crippen molar-refractivity contribution in [2.24, 2.45) is 0 Å². The van der Waals surface area contributed by atoms with E-state index in [4.69, 9.17) is 0 Å². The summed E-state index contributed by atoms with van der Waals surface area (Å²) in [5.74, 6) is 0. The molecular weight excluding hydrogens is 208 g/mol. The summed E-state index contributed by atoms with van der Waals surface area (Å²) in [6.45, 7) is 6.99. The normalized spacial score (nSPS) is 10.2. The van der Waals surface area contributed by atoms with Crippen molar-refractivity contribution < 1.29 is 9.13 Å². The molecule has 0 radical (unpaired) electrons. The second kappa shape index (κ2) is 5.39. The fourth-order valence-electron chi connectivity index (χ4n) is 1.81. The van der Waals surface area contributed by atoms with Gasteiger partial charge in [0.05, 0.1) is 0 Å². The molecule has 0 aliphatic heterocycles. The highest BCUT2D eigenvalue weighted by Gasteiger charge is 2.03. The molecule has 86 valence electrons. The van der Waals surface area contributed by atoms with E-state index in [1.165, 1.54) is 11.1 Å². The van der Waals surface area contributed by atoms with Crippen LogP contribution >= 0.6 is 0 Å². The number of aryl methyl sites for hydroxylation is 1. The molecule has 0 saturated carbocycles. The summed E-state index contributed by atoms with van der Waals surface area (Å²) < 4.78 is 4.14. The quantitative estimate of drug-likeness (QED) is 0.707. The van der Waals surface area contributed by atoms with Crippen molar-refractivity contribution in [3.8, 4) is 11.1 Å². The minimum Gasteiger partial charge on any atom is -0.205 e. The van der Waals surface area contributed by atoms with Gasteiger partial charge in [-0.1, -0.05) is 6.92 Å². The van der Waals surface area contributed by atoms with Crippen LogP contribution < -0.4 is 9.13 Å². The minimum absolute atomic E-state index is 1.07. The molecule has 17 heavy (non-hydrogen) atoms. The van der Waals surface area contributed by atoms with Gasteiger partial charge in [-0.05, 0) is 17.7 Å². The zero-order valence-electron chi connectivity index (χ0n) is 10.2. The molecule has 0 aliphatic carbocycles. The maximum Gasteiger partial charge on any atom is 0.175 e. The van der Waals surface area contributed by atoms with Crippen molar-refractivity contribution in [3.63, 3.8) is 0 Å². The van der Waals surface area contributed by atoms with E-state index in [-0.39, 0.29) is 0 Å². The molecule has 2 rings (SSSR count). The lowest BCUT2D eigenvalue weighted by Crippen LogP contribution is -2.31. The molecule has 0 amide bonds. The second-order valence-electron chi connectivity index (χ2n) is 4.04. The molecular formula is C15H18N2+2. The molecule has 0 unspecified atom stereocenters. The lowest BCUT2D eigenvalue weighted by atomic mass is 10.1. The van der Waals surface area contributed by atoms with E-state index in [0.29, 0.717) is 0 Å². The van der Waals surface area contributed by atoms with Crippen LogP contribution in [-0.4, -0.2) is 0 Å². The van der Waals surface area contributed by atoms with Crippen LogP contribution in [0.15, 0.2) is 55.6 Å². The molecule has 0 atom stereocenters. The molecule has 2 nitrogen and oxygen atoms in total. The Morgan fingerprint density at radius 1 is 1.00 bits per heavy atom. The Hall–Kier alpha value is -1.96. The van der Waals surface area contributed by atoms with Crippen LogP contribution in [0.25, 0.3) is 17.3 Å². The molecule has 0 spiro atoms. The predicted octanol–water partition coefficient (Wildman–Crippen LogP) is 2.44. The number of nitrogens with zero attached hydrogens (tertiary/aromatic N) is 2. The highest BCUT2D eigenvalue weighted by atomic mass is 14.9. The fourth-order valence-corrected chi connectivity index (χ4v) is 1.81. The van der Waals surface area contributed by atoms with E-state index in [1.807, 2.05) is 17.0 Å². The van der Waals surface area contributed by atoms with Crippen LogP contribution in [0.4, 0.5) is 0 Å². The number of aromatic nitrogens is 2.